The number of amidine groups is 1. The number of halogens is 6. The van der Waals surface area contributed by atoms with Gasteiger partial charge in [0, 0.05) is 5.02 Å². The molecule has 268 valence electrons. The molecule has 1 saturated carbocycles. The molecule has 1 fully saturated rings. The van der Waals surface area contributed by atoms with Gasteiger partial charge in [-0.05, 0) is 72.4 Å². The van der Waals surface area contributed by atoms with Gasteiger partial charge in [0.15, 0.2) is 17.5 Å². The van der Waals surface area contributed by atoms with Gasteiger partial charge in [-0.2, -0.15) is 23.3 Å². The molecule has 3 aromatic carbocycles. The lowest BCUT2D eigenvalue weighted by Gasteiger charge is -2.40. The maximum Gasteiger partial charge on any atom is 0.417 e. The second kappa shape index (κ2) is 16.7. The third-order valence-electron chi connectivity index (χ3n) is 8.28. The van der Waals surface area contributed by atoms with Crippen molar-refractivity contribution in [2.75, 3.05) is 6.61 Å². The van der Waals surface area contributed by atoms with Crippen LogP contribution in [0.1, 0.15) is 62.3 Å². The van der Waals surface area contributed by atoms with E-state index in [0.29, 0.717) is 30.7 Å². The molecule has 0 saturated heterocycles. The van der Waals surface area contributed by atoms with E-state index in [1.54, 1.807) is 41.3 Å². The molecule has 4 aromatic rings. The van der Waals surface area contributed by atoms with Gasteiger partial charge in [0.2, 0.25) is 0 Å². The quantitative estimate of drug-likeness (QED) is 0.0711. The van der Waals surface area contributed by atoms with E-state index in [1.807, 2.05) is 45.0 Å². The molecule has 0 bridgehead atoms. The number of nitrogens with one attached hydrogen (secondary N) is 1. The molecular formula is C36H39ClF5N5O3. The summed E-state index contributed by atoms with van der Waals surface area (Å²) in [5.74, 6) is -4.71. The van der Waals surface area contributed by atoms with E-state index in [-0.39, 0.29) is 24.4 Å². The number of aryl methyl sites for hydroxylation is 1. The van der Waals surface area contributed by atoms with Crippen molar-refractivity contribution in [3.63, 3.8) is 0 Å². The van der Waals surface area contributed by atoms with Crippen LogP contribution in [0.25, 0.3) is 0 Å². The number of aromatic nitrogens is 3. The number of aliphatic imine (C=N–C) groups is 1. The molecule has 1 atom stereocenters. The number of hydrogen-bond acceptors (Lipinski definition) is 5. The molecule has 8 nitrogen and oxygen atoms in total. The molecule has 50 heavy (non-hydrogen) atoms. The first-order valence-electron chi connectivity index (χ1n) is 15.9. The molecule has 0 aliphatic heterocycles. The fourth-order valence-electron chi connectivity index (χ4n) is 4.87. The second-order valence-corrected chi connectivity index (χ2v) is 13.6. The van der Waals surface area contributed by atoms with E-state index in [0.717, 1.165) is 24.3 Å². The van der Waals surface area contributed by atoms with Crippen molar-refractivity contribution >= 4 is 23.3 Å². The van der Waals surface area contributed by atoms with Gasteiger partial charge in [0.05, 0.1) is 36.3 Å². The predicted molar refractivity (Wildman–Crippen MR) is 179 cm³/mol. The zero-order valence-electron chi connectivity index (χ0n) is 27.9. The topological polar surface area (TPSA) is 102 Å². The summed E-state index contributed by atoms with van der Waals surface area (Å²) in [5, 5.41) is 16.0. The first-order valence-corrected chi connectivity index (χ1v) is 16.3. The minimum atomic E-state index is -4.99. The number of carbonyl (C=O) groups excluding carboxylic acids is 1. The third-order valence-corrected chi connectivity index (χ3v) is 8.54. The van der Waals surface area contributed by atoms with E-state index in [4.69, 9.17) is 16.4 Å². The normalized spacial score (nSPS) is 14.8. The van der Waals surface area contributed by atoms with Gasteiger partial charge < -0.3 is 5.11 Å². The summed E-state index contributed by atoms with van der Waals surface area (Å²) >= 11 is 5.90. The Balaban J connectivity index is 0.000000237. The van der Waals surface area contributed by atoms with Crippen molar-refractivity contribution in [2.24, 2.45) is 16.3 Å². The van der Waals surface area contributed by atoms with Crippen molar-refractivity contribution in [1.82, 2.24) is 20.2 Å². The Morgan fingerprint density at radius 3 is 2.28 bits per heavy atom. The molecular weight excluding hydrogens is 681 g/mol. The molecule has 1 aromatic heterocycles. The van der Waals surface area contributed by atoms with Crippen LogP contribution in [0, 0.1) is 23.0 Å². The molecule has 14 heteroatoms. The van der Waals surface area contributed by atoms with Crippen molar-refractivity contribution in [1.29, 1.82) is 0 Å². The van der Waals surface area contributed by atoms with Gasteiger partial charge >= 0.3 is 6.18 Å². The lowest BCUT2D eigenvalue weighted by molar-refractivity contribution is -0.138. The summed E-state index contributed by atoms with van der Waals surface area (Å²) in [6, 6.07) is 16.9. The molecule has 1 aliphatic rings. The van der Waals surface area contributed by atoms with E-state index in [9.17, 15) is 31.9 Å². The number of rotatable bonds is 11. The minimum absolute atomic E-state index is 0.143. The minimum Gasteiger partial charge on any atom is -0.387 e. The molecule has 1 unspecified atom stereocenters. The molecule has 1 amide bonds. The predicted octanol–water partition coefficient (Wildman–Crippen LogP) is 7.77. The highest BCUT2D eigenvalue weighted by molar-refractivity contribution is 6.30. The van der Waals surface area contributed by atoms with Crippen LogP contribution in [0.2, 0.25) is 5.02 Å². The van der Waals surface area contributed by atoms with Gasteiger partial charge in [0.1, 0.15) is 12.7 Å². The highest BCUT2D eigenvalue weighted by atomic mass is 35.5. The summed E-state index contributed by atoms with van der Waals surface area (Å²) in [6.07, 6.45) is 1.13. The smallest absolute Gasteiger partial charge is 0.387 e. The fraction of sp³-hybridized carbons (Fsp3) is 0.389. The Morgan fingerprint density at radius 1 is 1.02 bits per heavy atom. The average Bonchev–Trinajstić information content (AvgIpc) is 3.74. The highest BCUT2D eigenvalue weighted by Gasteiger charge is 2.40. The Morgan fingerprint density at radius 2 is 1.70 bits per heavy atom. The zero-order chi connectivity index (χ0) is 36.5. The highest BCUT2D eigenvalue weighted by Crippen LogP contribution is 2.36. The van der Waals surface area contributed by atoms with Gasteiger partial charge in [-0.3, -0.25) is 14.3 Å². The Kier molecular flexibility index (Phi) is 12.9. The van der Waals surface area contributed by atoms with Gasteiger partial charge in [-0.1, -0.05) is 74.8 Å². The Hall–Kier alpha value is -4.20. The van der Waals surface area contributed by atoms with Crippen LogP contribution in [-0.2, 0) is 35.2 Å². The number of hydrogen-bond donors (Lipinski definition) is 2. The van der Waals surface area contributed by atoms with Gasteiger partial charge in [0.25, 0.3) is 5.91 Å². The van der Waals surface area contributed by atoms with Gasteiger partial charge in [-0.15, -0.1) is 0 Å². The standard InChI is InChI=1S/C20H17F5N2O2.C16H22ClN3O/c21-15-9-8-14(20(23,24)25)17(18(15)22)19(27-29-11-13-6-7-13)26-16(28)10-12-4-2-1-3-5-12;1-15(2,3)16(21,10-20-12-18-11-19-20)9-8-13-4-6-14(17)7-5-13/h1-5,8-9,13H,6-7,10-11H2,(H,26,27,28);4-7,11-12,21H,8-10H2,1-3H3. The molecule has 2 N–H and O–H groups in total. The fourth-order valence-corrected chi connectivity index (χ4v) is 5.00. The summed E-state index contributed by atoms with van der Waals surface area (Å²) in [7, 11) is 0. The molecule has 1 aliphatic carbocycles. The number of alkyl halides is 3. The van der Waals surface area contributed by atoms with Crippen LogP contribution in [0.15, 0.2) is 84.4 Å². The number of nitrogens with zero attached hydrogens (tertiary/aromatic N) is 4. The van der Waals surface area contributed by atoms with Crippen LogP contribution in [-0.4, -0.2) is 43.8 Å². The van der Waals surface area contributed by atoms with Crippen molar-refractivity contribution < 1.29 is 36.7 Å². The summed E-state index contributed by atoms with van der Waals surface area (Å²) in [6.45, 7) is 6.72. The number of aliphatic hydroxyl groups is 1. The third kappa shape index (κ3) is 11.2. The first-order chi connectivity index (χ1) is 23.6. The van der Waals surface area contributed by atoms with Crippen molar-refractivity contribution in [3.05, 3.63) is 118 Å². The lowest BCUT2D eigenvalue weighted by atomic mass is 9.73. The average molecular weight is 720 g/mol. The van der Waals surface area contributed by atoms with E-state index in [2.05, 4.69) is 20.6 Å². The number of benzene rings is 3. The lowest BCUT2D eigenvalue weighted by Crippen LogP contribution is -2.47. The maximum atomic E-state index is 14.4. The molecule has 0 spiro atoms. The summed E-state index contributed by atoms with van der Waals surface area (Å²) in [5.41, 5.74) is 0.0733. The monoisotopic (exact) mass is 719 g/mol. The van der Waals surface area contributed by atoms with Crippen LogP contribution in [0.3, 0.4) is 0 Å². The maximum absolute atomic E-state index is 14.4. The molecule has 5 rings (SSSR count). The van der Waals surface area contributed by atoms with Crippen molar-refractivity contribution in [3.8, 4) is 0 Å². The number of hydroxylamine groups is 1. The SMILES string of the molecule is CC(C)(C)C(O)(CCc1ccc(Cl)cc1)Cn1cncn1.O=C(Cc1ccccc1)/N=C(\NOCC1CC1)c1c(C(F)(F)F)ccc(F)c1F. The zero-order valence-corrected chi connectivity index (χ0v) is 28.6. The van der Waals surface area contributed by atoms with Crippen molar-refractivity contribution in [2.45, 2.75) is 71.2 Å². The largest absolute Gasteiger partial charge is 0.417 e. The first kappa shape index (κ1) is 38.6. The van der Waals surface area contributed by atoms with Gasteiger partial charge in [-0.25, -0.2) is 19.2 Å². The van der Waals surface area contributed by atoms with Crippen LogP contribution >= 0.6 is 11.6 Å². The van der Waals surface area contributed by atoms with Crippen LogP contribution in [0.5, 0.6) is 0 Å². The van der Waals surface area contributed by atoms with Crippen LogP contribution in [0.4, 0.5) is 22.0 Å². The Labute approximate surface area is 292 Å². The molecule has 1 heterocycles. The number of carbonyl (C=O) groups is 1. The van der Waals surface area contributed by atoms with Crippen LogP contribution < -0.4 is 5.48 Å². The summed E-state index contributed by atoms with van der Waals surface area (Å²) < 4.78 is 69.8. The second-order valence-electron chi connectivity index (χ2n) is 13.2. The number of amides is 1. The van der Waals surface area contributed by atoms with E-state index < -0.39 is 46.3 Å². The molecule has 0 radical (unpaired) electrons. The van der Waals surface area contributed by atoms with E-state index >= 15 is 0 Å². The van der Waals surface area contributed by atoms with E-state index in [1.165, 1.54) is 11.9 Å². The Bertz CT molecular complexity index is 1730. The summed E-state index contributed by atoms with van der Waals surface area (Å²) in [4.78, 5) is 24.9.